The molecule has 0 spiro atoms. The summed E-state index contributed by atoms with van der Waals surface area (Å²) in [7, 11) is 0. The molecule has 144 valence electrons. The van der Waals surface area contributed by atoms with Crippen LogP contribution < -0.4 is 10.2 Å². The first-order valence-corrected chi connectivity index (χ1v) is 8.95. The summed E-state index contributed by atoms with van der Waals surface area (Å²) in [6.45, 7) is 4.44. The number of piperidine rings is 1. The van der Waals surface area contributed by atoms with E-state index in [1.807, 2.05) is 4.90 Å². The summed E-state index contributed by atoms with van der Waals surface area (Å²) in [5.74, 6) is -0.0708. The smallest absolute Gasteiger partial charge is 0.379 e. The highest BCUT2D eigenvalue weighted by Crippen LogP contribution is 2.31. The van der Waals surface area contributed by atoms with Crippen LogP contribution in [0.4, 0.5) is 18.9 Å². The number of anilines is 1. The van der Waals surface area contributed by atoms with Gasteiger partial charge >= 0.3 is 6.18 Å². The van der Waals surface area contributed by atoms with Crippen LogP contribution in [0.25, 0.3) is 0 Å². The normalized spacial score (nSPS) is 20.1. The molecule has 2 aliphatic rings. The van der Waals surface area contributed by atoms with Gasteiger partial charge in [0.1, 0.15) is 0 Å². The number of nitrogens with one attached hydrogen (secondary N) is 1. The molecule has 8 heteroatoms. The molecule has 1 N–H and O–H groups in total. The van der Waals surface area contributed by atoms with Crippen molar-refractivity contribution in [1.29, 1.82) is 0 Å². The molecule has 1 aromatic rings. The van der Waals surface area contributed by atoms with Crippen LogP contribution in [-0.2, 0) is 15.7 Å². The van der Waals surface area contributed by atoms with Crippen molar-refractivity contribution in [3.05, 3.63) is 29.8 Å². The quantitative estimate of drug-likeness (QED) is 0.881. The van der Waals surface area contributed by atoms with Gasteiger partial charge in [0.05, 0.1) is 25.3 Å². The lowest BCUT2D eigenvalue weighted by Crippen LogP contribution is -2.51. The molecule has 1 amide bonds. The Bertz CT molecular complexity index is 595. The SMILES string of the molecule is O=C(CN1CCOCC1)N(c1ccc(C(F)(F)F)cc1)C1CCNCC1. The van der Waals surface area contributed by atoms with E-state index >= 15 is 0 Å². The number of benzene rings is 1. The third-order valence-electron chi connectivity index (χ3n) is 4.88. The van der Waals surface area contributed by atoms with Gasteiger partial charge in [-0.1, -0.05) is 0 Å². The summed E-state index contributed by atoms with van der Waals surface area (Å²) in [6.07, 6.45) is -2.80. The fourth-order valence-corrected chi connectivity index (χ4v) is 3.46. The second-order valence-corrected chi connectivity index (χ2v) is 6.68. The molecule has 1 aromatic carbocycles. The summed E-state index contributed by atoms with van der Waals surface area (Å²) in [5, 5.41) is 3.26. The van der Waals surface area contributed by atoms with Crippen LogP contribution >= 0.6 is 0 Å². The Morgan fingerprint density at radius 3 is 2.35 bits per heavy atom. The van der Waals surface area contributed by atoms with Crippen LogP contribution in [0.15, 0.2) is 24.3 Å². The summed E-state index contributed by atoms with van der Waals surface area (Å²) >= 11 is 0. The average molecular weight is 371 g/mol. The summed E-state index contributed by atoms with van der Waals surface area (Å²) < 4.78 is 43.8. The Hall–Kier alpha value is -1.64. The van der Waals surface area contributed by atoms with E-state index in [1.54, 1.807) is 4.90 Å². The van der Waals surface area contributed by atoms with E-state index < -0.39 is 11.7 Å². The Labute approximate surface area is 151 Å². The van der Waals surface area contributed by atoms with E-state index in [1.165, 1.54) is 12.1 Å². The van der Waals surface area contributed by atoms with E-state index in [-0.39, 0.29) is 18.5 Å². The van der Waals surface area contributed by atoms with E-state index in [0.29, 0.717) is 32.0 Å². The monoisotopic (exact) mass is 371 g/mol. The van der Waals surface area contributed by atoms with Gasteiger partial charge in [-0.05, 0) is 50.2 Å². The minimum atomic E-state index is -4.38. The third-order valence-corrected chi connectivity index (χ3v) is 4.88. The molecule has 0 unspecified atom stereocenters. The van der Waals surface area contributed by atoms with Crippen molar-refractivity contribution in [1.82, 2.24) is 10.2 Å². The number of hydrogen-bond acceptors (Lipinski definition) is 4. The molecular weight excluding hydrogens is 347 g/mol. The molecular formula is C18H24F3N3O2. The maximum atomic E-state index is 13.0. The molecule has 5 nitrogen and oxygen atoms in total. The van der Waals surface area contributed by atoms with Gasteiger partial charge in [-0.25, -0.2) is 0 Å². The van der Waals surface area contributed by atoms with Gasteiger partial charge in [0.2, 0.25) is 5.91 Å². The van der Waals surface area contributed by atoms with E-state index in [4.69, 9.17) is 4.74 Å². The molecule has 0 bridgehead atoms. The maximum Gasteiger partial charge on any atom is 0.416 e. The number of halogens is 3. The molecule has 2 heterocycles. The van der Waals surface area contributed by atoms with Crippen LogP contribution in [0.3, 0.4) is 0 Å². The van der Waals surface area contributed by atoms with Gasteiger partial charge in [-0.3, -0.25) is 9.69 Å². The minimum absolute atomic E-state index is 0.00141. The number of morpholine rings is 1. The van der Waals surface area contributed by atoms with Crippen molar-refractivity contribution in [3.8, 4) is 0 Å². The lowest BCUT2D eigenvalue weighted by molar-refractivity contribution is -0.137. The number of rotatable bonds is 4. The highest BCUT2D eigenvalue weighted by atomic mass is 19.4. The Morgan fingerprint density at radius 1 is 1.15 bits per heavy atom. The number of carbonyl (C=O) groups excluding carboxylic acids is 1. The first kappa shape index (κ1) is 19.1. The number of carbonyl (C=O) groups is 1. The van der Waals surface area contributed by atoms with Gasteiger partial charge in [-0.2, -0.15) is 13.2 Å². The fourth-order valence-electron chi connectivity index (χ4n) is 3.46. The number of ether oxygens (including phenoxy) is 1. The molecule has 2 saturated heterocycles. The van der Waals surface area contributed by atoms with Gasteiger partial charge in [0.15, 0.2) is 0 Å². The summed E-state index contributed by atoms with van der Waals surface area (Å²) in [5.41, 5.74) is -0.171. The first-order valence-electron chi connectivity index (χ1n) is 8.95. The van der Waals surface area contributed by atoms with Crippen molar-refractivity contribution < 1.29 is 22.7 Å². The van der Waals surface area contributed by atoms with Gasteiger partial charge in [0.25, 0.3) is 0 Å². The second kappa shape index (κ2) is 8.37. The number of nitrogens with zero attached hydrogens (tertiary/aromatic N) is 2. The standard InChI is InChI=1S/C18H24F3N3O2/c19-18(20,21)14-1-3-15(4-2-14)24(16-5-7-22-8-6-16)17(25)13-23-9-11-26-12-10-23/h1-4,16,22H,5-13H2. The topological polar surface area (TPSA) is 44.8 Å². The van der Waals surface area contributed by atoms with E-state index in [9.17, 15) is 18.0 Å². The lowest BCUT2D eigenvalue weighted by Gasteiger charge is -2.36. The van der Waals surface area contributed by atoms with Crippen LogP contribution in [0.5, 0.6) is 0 Å². The molecule has 0 radical (unpaired) electrons. The Balaban J connectivity index is 1.79. The van der Waals surface area contributed by atoms with E-state index in [0.717, 1.165) is 38.1 Å². The summed E-state index contributed by atoms with van der Waals surface area (Å²) in [4.78, 5) is 16.7. The van der Waals surface area contributed by atoms with Crippen molar-refractivity contribution in [2.75, 3.05) is 50.8 Å². The zero-order valence-electron chi connectivity index (χ0n) is 14.6. The van der Waals surface area contributed by atoms with Crippen molar-refractivity contribution in [3.63, 3.8) is 0 Å². The zero-order valence-corrected chi connectivity index (χ0v) is 14.6. The van der Waals surface area contributed by atoms with Crippen molar-refractivity contribution >= 4 is 11.6 Å². The molecule has 0 aliphatic carbocycles. The fraction of sp³-hybridized carbons (Fsp3) is 0.611. The van der Waals surface area contributed by atoms with Crippen molar-refractivity contribution in [2.24, 2.45) is 0 Å². The van der Waals surface area contributed by atoms with Gasteiger partial charge < -0.3 is 15.0 Å². The van der Waals surface area contributed by atoms with Crippen LogP contribution in [0, 0.1) is 0 Å². The molecule has 2 fully saturated rings. The number of alkyl halides is 3. The minimum Gasteiger partial charge on any atom is -0.379 e. The third kappa shape index (κ3) is 4.75. The Kier molecular flexibility index (Phi) is 6.16. The predicted octanol–water partition coefficient (Wildman–Crippen LogP) is 2.12. The second-order valence-electron chi connectivity index (χ2n) is 6.68. The van der Waals surface area contributed by atoms with Gasteiger partial charge in [0, 0.05) is 24.8 Å². The highest BCUT2D eigenvalue weighted by Gasteiger charge is 2.32. The molecule has 3 rings (SSSR count). The average Bonchev–Trinajstić information content (AvgIpc) is 2.63. The largest absolute Gasteiger partial charge is 0.416 e. The molecule has 0 atom stereocenters. The molecule has 26 heavy (non-hydrogen) atoms. The van der Waals surface area contributed by atoms with E-state index in [2.05, 4.69) is 5.32 Å². The molecule has 0 aromatic heterocycles. The summed E-state index contributed by atoms with van der Waals surface area (Å²) in [6, 6.07) is 4.91. The molecule has 0 saturated carbocycles. The van der Waals surface area contributed by atoms with Crippen LogP contribution in [0.2, 0.25) is 0 Å². The Morgan fingerprint density at radius 2 is 1.77 bits per heavy atom. The van der Waals surface area contributed by atoms with Crippen molar-refractivity contribution in [2.45, 2.75) is 25.1 Å². The molecule has 2 aliphatic heterocycles. The first-order chi connectivity index (χ1) is 12.4. The lowest BCUT2D eigenvalue weighted by atomic mass is 10.0. The number of amides is 1. The van der Waals surface area contributed by atoms with Gasteiger partial charge in [-0.15, -0.1) is 0 Å². The number of hydrogen-bond donors (Lipinski definition) is 1. The van der Waals surface area contributed by atoms with Crippen LogP contribution in [-0.4, -0.2) is 62.8 Å². The highest BCUT2D eigenvalue weighted by molar-refractivity contribution is 5.95. The maximum absolute atomic E-state index is 13.0. The zero-order chi connectivity index (χ0) is 18.6. The predicted molar refractivity (Wildman–Crippen MR) is 92.1 cm³/mol. The van der Waals surface area contributed by atoms with Crippen LogP contribution in [0.1, 0.15) is 18.4 Å².